The molecule has 0 fully saturated rings. The molecule has 28 heavy (non-hydrogen) atoms. The van der Waals surface area contributed by atoms with Gasteiger partial charge in [0.25, 0.3) is 0 Å². The Kier molecular flexibility index (Phi) is 7.01. The Morgan fingerprint density at radius 2 is 1.61 bits per heavy atom. The van der Waals surface area contributed by atoms with Crippen molar-refractivity contribution >= 4 is 17.3 Å². The van der Waals surface area contributed by atoms with Crippen LogP contribution in [0, 0.1) is 5.82 Å². The summed E-state index contributed by atoms with van der Waals surface area (Å²) in [6, 6.07) is 23.8. The Bertz CT molecular complexity index is 883. The van der Waals surface area contributed by atoms with E-state index < -0.39 is 5.82 Å². The van der Waals surface area contributed by atoms with Crippen LogP contribution in [0.15, 0.2) is 78.9 Å². The first kappa shape index (κ1) is 19.4. The molecule has 4 nitrogen and oxygen atoms in total. The number of rotatable bonds is 9. The maximum Gasteiger partial charge on any atom is 0.243 e. The summed E-state index contributed by atoms with van der Waals surface area (Å²) in [5, 5.41) is 5.55. The molecule has 0 radical (unpaired) electrons. The summed E-state index contributed by atoms with van der Waals surface area (Å²) in [5.74, 6) is 0.0189. The van der Waals surface area contributed by atoms with Crippen LogP contribution in [0.2, 0.25) is 0 Å². The van der Waals surface area contributed by atoms with E-state index in [0.717, 1.165) is 24.3 Å². The maximum atomic E-state index is 13.5. The minimum Gasteiger partial charge on any atom is -0.494 e. The molecule has 0 spiro atoms. The molecule has 0 unspecified atom stereocenters. The quantitative estimate of drug-likeness (QED) is 0.521. The molecular formula is C23H23FN2O2. The van der Waals surface area contributed by atoms with Crippen LogP contribution >= 0.6 is 0 Å². The van der Waals surface area contributed by atoms with Gasteiger partial charge in [0, 0.05) is 5.69 Å². The number of anilines is 2. The Morgan fingerprint density at radius 3 is 2.36 bits per heavy atom. The van der Waals surface area contributed by atoms with E-state index in [-0.39, 0.29) is 18.1 Å². The van der Waals surface area contributed by atoms with Crippen LogP contribution in [0.4, 0.5) is 15.8 Å². The molecule has 0 atom stereocenters. The molecule has 5 heteroatoms. The number of benzene rings is 3. The summed E-state index contributed by atoms with van der Waals surface area (Å²) >= 11 is 0. The molecule has 0 aromatic heterocycles. The first-order chi connectivity index (χ1) is 13.7. The van der Waals surface area contributed by atoms with Crippen molar-refractivity contribution in [3.8, 4) is 5.75 Å². The Hall–Kier alpha value is -3.34. The first-order valence-electron chi connectivity index (χ1n) is 9.26. The number of aryl methyl sites for hydroxylation is 1. The number of para-hydroxylation sites is 1. The summed E-state index contributed by atoms with van der Waals surface area (Å²) in [5.41, 5.74) is 2.27. The summed E-state index contributed by atoms with van der Waals surface area (Å²) in [6.45, 7) is 0.693. The third-order valence-corrected chi connectivity index (χ3v) is 4.18. The van der Waals surface area contributed by atoms with Gasteiger partial charge >= 0.3 is 0 Å². The predicted octanol–water partition coefficient (Wildman–Crippen LogP) is 4.89. The van der Waals surface area contributed by atoms with Gasteiger partial charge in [-0.05, 0) is 54.8 Å². The third-order valence-electron chi connectivity index (χ3n) is 4.18. The topological polar surface area (TPSA) is 50.4 Å². The van der Waals surface area contributed by atoms with E-state index in [0.29, 0.717) is 6.61 Å². The van der Waals surface area contributed by atoms with E-state index in [1.165, 1.54) is 17.7 Å². The Morgan fingerprint density at radius 1 is 0.893 bits per heavy atom. The zero-order chi connectivity index (χ0) is 19.6. The highest BCUT2D eigenvalue weighted by Crippen LogP contribution is 2.16. The van der Waals surface area contributed by atoms with Gasteiger partial charge in [-0.25, -0.2) is 4.39 Å². The van der Waals surface area contributed by atoms with Gasteiger partial charge in [0.15, 0.2) is 0 Å². The first-order valence-corrected chi connectivity index (χ1v) is 9.26. The lowest BCUT2D eigenvalue weighted by Crippen LogP contribution is -2.22. The van der Waals surface area contributed by atoms with E-state index in [1.807, 2.05) is 42.5 Å². The van der Waals surface area contributed by atoms with Gasteiger partial charge < -0.3 is 15.4 Å². The molecule has 0 saturated heterocycles. The molecule has 3 aromatic rings. The van der Waals surface area contributed by atoms with Crippen molar-refractivity contribution in [2.24, 2.45) is 0 Å². The van der Waals surface area contributed by atoms with Crippen molar-refractivity contribution in [3.63, 3.8) is 0 Å². The zero-order valence-electron chi connectivity index (χ0n) is 15.5. The van der Waals surface area contributed by atoms with Crippen LogP contribution in [0.25, 0.3) is 0 Å². The van der Waals surface area contributed by atoms with Crippen molar-refractivity contribution in [2.45, 2.75) is 12.8 Å². The van der Waals surface area contributed by atoms with Crippen LogP contribution in [0.5, 0.6) is 5.75 Å². The van der Waals surface area contributed by atoms with Gasteiger partial charge in [0.2, 0.25) is 5.91 Å². The highest BCUT2D eigenvalue weighted by Gasteiger charge is 2.06. The monoisotopic (exact) mass is 378 g/mol. The summed E-state index contributed by atoms with van der Waals surface area (Å²) in [4.78, 5) is 11.9. The fourth-order valence-electron chi connectivity index (χ4n) is 2.72. The zero-order valence-corrected chi connectivity index (χ0v) is 15.5. The minimum atomic E-state index is -0.454. The normalized spacial score (nSPS) is 10.3. The number of hydrogen-bond donors (Lipinski definition) is 2. The molecule has 0 heterocycles. The van der Waals surface area contributed by atoms with E-state index in [9.17, 15) is 9.18 Å². The van der Waals surface area contributed by atoms with Gasteiger partial charge in [-0.1, -0.05) is 42.5 Å². The second-order valence-electron chi connectivity index (χ2n) is 6.34. The van der Waals surface area contributed by atoms with Crippen LogP contribution in [-0.2, 0) is 11.2 Å². The maximum absolute atomic E-state index is 13.5. The second kappa shape index (κ2) is 10.1. The van der Waals surface area contributed by atoms with E-state index in [2.05, 4.69) is 22.8 Å². The molecule has 0 aliphatic rings. The molecule has 3 aromatic carbocycles. The molecule has 144 valence electrons. The largest absolute Gasteiger partial charge is 0.494 e. The SMILES string of the molecule is O=C(CNc1ccc(OCCCc2ccccc2)cc1)Nc1ccccc1F. The van der Waals surface area contributed by atoms with Gasteiger partial charge in [-0.3, -0.25) is 4.79 Å². The number of amides is 1. The molecule has 3 rings (SSSR count). The van der Waals surface area contributed by atoms with Crippen molar-refractivity contribution < 1.29 is 13.9 Å². The smallest absolute Gasteiger partial charge is 0.243 e. The van der Waals surface area contributed by atoms with Gasteiger partial charge in [0.1, 0.15) is 11.6 Å². The van der Waals surface area contributed by atoms with Crippen molar-refractivity contribution in [1.82, 2.24) is 0 Å². The van der Waals surface area contributed by atoms with Gasteiger partial charge in [0.05, 0.1) is 18.8 Å². The lowest BCUT2D eigenvalue weighted by molar-refractivity contribution is -0.114. The number of hydrogen-bond acceptors (Lipinski definition) is 3. The van der Waals surface area contributed by atoms with E-state index >= 15 is 0 Å². The molecule has 0 saturated carbocycles. The average molecular weight is 378 g/mol. The highest BCUT2D eigenvalue weighted by atomic mass is 19.1. The fraction of sp³-hybridized carbons (Fsp3) is 0.174. The number of ether oxygens (including phenoxy) is 1. The Labute approximate surface area is 164 Å². The summed E-state index contributed by atoms with van der Waals surface area (Å²) in [7, 11) is 0. The molecule has 0 bridgehead atoms. The average Bonchev–Trinajstić information content (AvgIpc) is 2.73. The van der Waals surface area contributed by atoms with Crippen LogP contribution in [0.1, 0.15) is 12.0 Å². The van der Waals surface area contributed by atoms with E-state index in [1.54, 1.807) is 12.1 Å². The van der Waals surface area contributed by atoms with Crippen LogP contribution < -0.4 is 15.4 Å². The van der Waals surface area contributed by atoms with Crippen LogP contribution in [-0.4, -0.2) is 19.1 Å². The van der Waals surface area contributed by atoms with Gasteiger partial charge in [-0.15, -0.1) is 0 Å². The van der Waals surface area contributed by atoms with E-state index in [4.69, 9.17) is 4.74 Å². The number of halogens is 1. The molecular weight excluding hydrogens is 355 g/mol. The molecule has 1 amide bonds. The van der Waals surface area contributed by atoms with Crippen molar-refractivity contribution in [2.75, 3.05) is 23.8 Å². The lowest BCUT2D eigenvalue weighted by atomic mass is 10.1. The summed E-state index contributed by atoms with van der Waals surface area (Å²) in [6.07, 6.45) is 1.93. The standard InChI is InChI=1S/C23H23FN2O2/c24-21-10-4-5-11-22(21)26-23(27)17-25-19-12-14-20(15-13-19)28-16-6-9-18-7-2-1-3-8-18/h1-5,7-8,10-15,25H,6,9,16-17H2,(H,26,27). The molecule has 2 N–H and O–H groups in total. The van der Waals surface area contributed by atoms with Crippen molar-refractivity contribution in [3.05, 3.63) is 90.2 Å². The number of carbonyl (C=O) groups excluding carboxylic acids is 1. The molecule has 0 aliphatic heterocycles. The fourth-order valence-corrected chi connectivity index (χ4v) is 2.72. The highest BCUT2D eigenvalue weighted by molar-refractivity contribution is 5.93. The lowest BCUT2D eigenvalue weighted by Gasteiger charge is -2.10. The summed E-state index contributed by atoms with van der Waals surface area (Å²) < 4.78 is 19.3. The Balaban J connectivity index is 1.38. The minimum absolute atomic E-state index is 0.0472. The third kappa shape index (κ3) is 6.13. The van der Waals surface area contributed by atoms with Gasteiger partial charge in [-0.2, -0.15) is 0 Å². The number of nitrogens with one attached hydrogen (secondary N) is 2. The number of carbonyl (C=O) groups is 1. The molecule has 0 aliphatic carbocycles. The van der Waals surface area contributed by atoms with Crippen molar-refractivity contribution in [1.29, 1.82) is 0 Å². The predicted molar refractivity (Wildman–Crippen MR) is 110 cm³/mol. The second-order valence-corrected chi connectivity index (χ2v) is 6.34. The van der Waals surface area contributed by atoms with Crippen LogP contribution in [0.3, 0.4) is 0 Å².